The van der Waals surface area contributed by atoms with E-state index < -0.39 is 41.3 Å². The van der Waals surface area contributed by atoms with Gasteiger partial charge in [0.05, 0.1) is 10.8 Å². The Kier molecular flexibility index (Phi) is 8.73. The summed E-state index contributed by atoms with van der Waals surface area (Å²) in [4.78, 5) is 53.1. The number of nitrogens with zero attached hydrogens (tertiary/aromatic N) is 1. The molecule has 1 saturated carbocycles. The van der Waals surface area contributed by atoms with E-state index in [9.17, 15) is 29.4 Å². The third-order valence-electron chi connectivity index (χ3n) is 8.73. The molecule has 208 valence electrons. The molecule has 2 amide bonds. The molecule has 8 nitrogen and oxygen atoms in total. The summed E-state index contributed by atoms with van der Waals surface area (Å²) in [7, 11) is 0. The number of amides is 2. The van der Waals surface area contributed by atoms with Gasteiger partial charge in [-0.3, -0.25) is 24.1 Å². The fourth-order valence-electron chi connectivity index (χ4n) is 6.40. The lowest BCUT2D eigenvalue weighted by atomic mass is 9.65. The normalized spacial score (nSPS) is 20.0. The lowest BCUT2D eigenvalue weighted by molar-refractivity contribution is -0.154. The van der Waals surface area contributed by atoms with E-state index in [0.29, 0.717) is 50.6 Å². The first-order valence-corrected chi connectivity index (χ1v) is 13.9. The molecule has 39 heavy (non-hydrogen) atoms. The molecule has 1 fully saturated rings. The fraction of sp³-hybridized carbons (Fsp3) is 0.484. The van der Waals surface area contributed by atoms with Crippen LogP contribution in [0.25, 0.3) is 0 Å². The van der Waals surface area contributed by atoms with Crippen LogP contribution in [0, 0.1) is 10.8 Å². The highest BCUT2D eigenvalue weighted by Gasteiger charge is 2.51. The fourth-order valence-corrected chi connectivity index (χ4v) is 6.40. The summed E-state index contributed by atoms with van der Waals surface area (Å²) in [5.74, 6) is -2.77. The maximum absolute atomic E-state index is 14.0. The first kappa shape index (κ1) is 28.3. The monoisotopic (exact) mass is 534 g/mol. The van der Waals surface area contributed by atoms with Crippen molar-refractivity contribution in [3.63, 3.8) is 0 Å². The van der Waals surface area contributed by atoms with E-state index in [2.05, 4.69) is 5.32 Å². The average molecular weight is 535 g/mol. The van der Waals surface area contributed by atoms with E-state index in [1.165, 1.54) is 4.90 Å². The van der Waals surface area contributed by atoms with Gasteiger partial charge >= 0.3 is 11.9 Å². The number of benzene rings is 2. The molecule has 0 radical (unpaired) electrons. The minimum absolute atomic E-state index is 0.213. The minimum Gasteiger partial charge on any atom is -0.481 e. The Balaban J connectivity index is 1.57. The molecule has 0 saturated heterocycles. The van der Waals surface area contributed by atoms with E-state index in [1.807, 2.05) is 49.4 Å². The number of hydrogen-bond donors (Lipinski definition) is 3. The van der Waals surface area contributed by atoms with Gasteiger partial charge in [-0.1, -0.05) is 68.3 Å². The zero-order valence-electron chi connectivity index (χ0n) is 22.5. The van der Waals surface area contributed by atoms with Crippen molar-refractivity contribution in [1.82, 2.24) is 5.32 Å². The van der Waals surface area contributed by atoms with Crippen molar-refractivity contribution >= 4 is 29.4 Å². The molecule has 3 N–H and O–H groups in total. The SMILES string of the molecule is CCC(CCc1ccccc1)(CC1(C(=O)NC2CCc3ccccc3N(CC(=O)O)C2=O)CCCC1)C(=O)O. The molecule has 0 spiro atoms. The zero-order chi connectivity index (χ0) is 28.0. The van der Waals surface area contributed by atoms with Crippen LogP contribution < -0.4 is 10.2 Å². The van der Waals surface area contributed by atoms with Crippen LogP contribution in [-0.2, 0) is 32.0 Å². The highest BCUT2D eigenvalue weighted by Crippen LogP contribution is 2.50. The van der Waals surface area contributed by atoms with Crippen molar-refractivity contribution in [2.75, 3.05) is 11.4 Å². The summed E-state index contributed by atoms with van der Waals surface area (Å²) in [6.45, 7) is 1.38. The lowest BCUT2D eigenvalue weighted by Gasteiger charge is -2.39. The van der Waals surface area contributed by atoms with Gasteiger partial charge in [0.15, 0.2) is 0 Å². The highest BCUT2D eigenvalue weighted by molar-refractivity contribution is 6.03. The van der Waals surface area contributed by atoms with Crippen LogP contribution >= 0.6 is 0 Å². The van der Waals surface area contributed by atoms with E-state index >= 15 is 0 Å². The number of aryl methyl sites for hydroxylation is 2. The smallest absolute Gasteiger partial charge is 0.323 e. The van der Waals surface area contributed by atoms with E-state index in [1.54, 1.807) is 12.1 Å². The number of hydrogen-bond acceptors (Lipinski definition) is 4. The second-order valence-corrected chi connectivity index (χ2v) is 11.1. The van der Waals surface area contributed by atoms with Gasteiger partial charge in [-0.15, -0.1) is 0 Å². The number of anilines is 1. The van der Waals surface area contributed by atoms with E-state index in [0.717, 1.165) is 24.0 Å². The number of para-hydroxylation sites is 1. The van der Waals surface area contributed by atoms with Gasteiger partial charge in [-0.2, -0.15) is 0 Å². The summed E-state index contributed by atoms with van der Waals surface area (Å²) < 4.78 is 0. The molecular weight excluding hydrogens is 496 g/mol. The molecule has 1 aliphatic heterocycles. The summed E-state index contributed by atoms with van der Waals surface area (Å²) in [5, 5.41) is 22.9. The van der Waals surface area contributed by atoms with Crippen LogP contribution in [0.2, 0.25) is 0 Å². The van der Waals surface area contributed by atoms with Crippen LogP contribution in [-0.4, -0.2) is 46.6 Å². The van der Waals surface area contributed by atoms with Crippen LogP contribution in [0.5, 0.6) is 0 Å². The molecule has 2 aliphatic rings. The van der Waals surface area contributed by atoms with Crippen LogP contribution in [0.15, 0.2) is 54.6 Å². The van der Waals surface area contributed by atoms with Gasteiger partial charge in [0.1, 0.15) is 12.6 Å². The van der Waals surface area contributed by atoms with Crippen molar-refractivity contribution in [3.05, 3.63) is 65.7 Å². The van der Waals surface area contributed by atoms with Gasteiger partial charge in [0, 0.05) is 5.69 Å². The molecule has 8 heteroatoms. The number of carbonyl (C=O) groups is 4. The Labute approximate surface area is 229 Å². The molecule has 0 bridgehead atoms. The van der Waals surface area contributed by atoms with Crippen LogP contribution in [0.1, 0.15) is 69.4 Å². The molecule has 0 aromatic heterocycles. The maximum Gasteiger partial charge on any atom is 0.323 e. The summed E-state index contributed by atoms with van der Waals surface area (Å²) in [6.07, 6.45) is 5.27. The average Bonchev–Trinajstić information content (AvgIpc) is 3.37. The van der Waals surface area contributed by atoms with Gasteiger partial charge < -0.3 is 15.5 Å². The quantitative estimate of drug-likeness (QED) is 0.387. The Hall–Kier alpha value is -3.68. The van der Waals surface area contributed by atoms with E-state index in [4.69, 9.17) is 0 Å². The number of carbonyl (C=O) groups excluding carboxylic acids is 2. The third-order valence-corrected chi connectivity index (χ3v) is 8.73. The van der Waals surface area contributed by atoms with Crippen molar-refractivity contribution in [1.29, 1.82) is 0 Å². The largest absolute Gasteiger partial charge is 0.481 e. The predicted molar refractivity (Wildman–Crippen MR) is 147 cm³/mol. The van der Waals surface area contributed by atoms with Crippen molar-refractivity contribution in [2.45, 2.75) is 77.2 Å². The van der Waals surface area contributed by atoms with Crippen LogP contribution in [0.3, 0.4) is 0 Å². The second-order valence-electron chi connectivity index (χ2n) is 11.1. The Bertz CT molecular complexity index is 1210. The number of rotatable bonds is 11. The molecular formula is C31H38N2O6. The maximum atomic E-state index is 14.0. The predicted octanol–water partition coefficient (Wildman–Crippen LogP) is 4.60. The highest BCUT2D eigenvalue weighted by atomic mass is 16.4. The molecule has 2 aromatic carbocycles. The van der Waals surface area contributed by atoms with Crippen LogP contribution in [0.4, 0.5) is 5.69 Å². The number of carboxylic acids is 2. The van der Waals surface area contributed by atoms with E-state index in [-0.39, 0.29) is 12.3 Å². The molecule has 2 atom stereocenters. The Morgan fingerprint density at radius 2 is 1.69 bits per heavy atom. The zero-order valence-corrected chi connectivity index (χ0v) is 22.5. The second kappa shape index (κ2) is 12.0. The minimum atomic E-state index is -1.13. The molecule has 1 aliphatic carbocycles. The van der Waals surface area contributed by atoms with Gasteiger partial charge in [-0.25, -0.2) is 0 Å². The number of nitrogens with one attached hydrogen (secondary N) is 1. The van der Waals surface area contributed by atoms with Gasteiger partial charge in [0.25, 0.3) is 0 Å². The van der Waals surface area contributed by atoms with Crippen molar-refractivity contribution in [3.8, 4) is 0 Å². The summed E-state index contributed by atoms with van der Waals surface area (Å²) >= 11 is 0. The Morgan fingerprint density at radius 3 is 2.33 bits per heavy atom. The number of carboxylic acid groups (broad SMARTS) is 2. The first-order chi connectivity index (χ1) is 18.7. The molecule has 2 aromatic rings. The van der Waals surface area contributed by atoms with Crippen molar-refractivity contribution in [2.24, 2.45) is 10.8 Å². The standard InChI is InChI=1S/C31H38N2O6/c1-2-30(29(38)39,19-16-22-10-4-3-5-11-22)21-31(17-8-9-18-31)28(37)32-24-15-14-23-12-6-7-13-25(23)33(27(24)36)20-26(34)35/h3-7,10-13,24H,2,8-9,14-21H2,1H3,(H,32,37)(H,34,35)(H,38,39). The summed E-state index contributed by atoms with van der Waals surface area (Å²) in [5.41, 5.74) is 0.507. The van der Waals surface area contributed by atoms with Gasteiger partial charge in [0.2, 0.25) is 11.8 Å². The molecule has 1 heterocycles. The molecule has 2 unspecified atom stereocenters. The first-order valence-electron chi connectivity index (χ1n) is 13.9. The third kappa shape index (κ3) is 6.15. The number of aliphatic carboxylic acids is 2. The van der Waals surface area contributed by atoms with Gasteiger partial charge in [-0.05, 0) is 68.6 Å². The topological polar surface area (TPSA) is 124 Å². The lowest BCUT2D eigenvalue weighted by Crippen LogP contribution is -2.54. The molecule has 4 rings (SSSR count). The summed E-state index contributed by atoms with van der Waals surface area (Å²) in [6, 6.07) is 16.1. The van der Waals surface area contributed by atoms with Crippen molar-refractivity contribution < 1.29 is 29.4 Å². The number of fused-ring (bicyclic) bond motifs is 1. The Morgan fingerprint density at radius 1 is 1.03 bits per heavy atom.